The number of esters is 1. The first-order valence-electron chi connectivity index (χ1n) is 10.7. The van der Waals surface area contributed by atoms with E-state index in [0.717, 1.165) is 41.2 Å². The minimum atomic E-state index is -0.515. The van der Waals surface area contributed by atoms with Gasteiger partial charge in [-0.2, -0.15) is 5.10 Å². The van der Waals surface area contributed by atoms with Gasteiger partial charge in [-0.1, -0.05) is 12.1 Å². The van der Waals surface area contributed by atoms with Crippen molar-refractivity contribution in [2.75, 3.05) is 13.7 Å². The molecule has 0 N–H and O–H groups in total. The number of carbonyl (C=O) groups excluding carboxylic acids is 2. The Balaban J connectivity index is 1.35. The molecule has 1 heterocycles. The summed E-state index contributed by atoms with van der Waals surface area (Å²) in [6.07, 6.45) is 1.95. The third-order valence-corrected chi connectivity index (χ3v) is 5.50. The quantitative estimate of drug-likeness (QED) is 0.505. The van der Waals surface area contributed by atoms with Crippen LogP contribution in [0.5, 0.6) is 5.75 Å². The molecule has 0 aliphatic heterocycles. The van der Waals surface area contributed by atoms with Crippen LogP contribution < -0.4 is 4.74 Å². The summed E-state index contributed by atoms with van der Waals surface area (Å²) in [6.45, 7) is 4.13. The zero-order valence-electron chi connectivity index (χ0n) is 18.6. The minimum Gasteiger partial charge on any atom is -0.497 e. The van der Waals surface area contributed by atoms with Crippen LogP contribution in [0.4, 0.5) is 0 Å². The first-order chi connectivity index (χ1) is 15.4. The number of hydrogen-bond donors (Lipinski definition) is 0. The highest BCUT2D eigenvalue weighted by atomic mass is 16.5. The lowest BCUT2D eigenvalue weighted by Crippen LogP contribution is -2.36. The normalized spacial score (nSPS) is 13.0. The number of aromatic nitrogens is 2. The van der Waals surface area contributed by atoms with Gasteiger partial charge < -0.3 is 14.4 Å². The summed E-state index contributed by atoms with van der Waals surface area (Å²) in [7, 11) is 1.62. The Kier molecular flexibility index (Phi) is 6.25. The van der Waals surface area contributed by atoms with Gasteiger partial charge >= 0.3 is 5.97 Å². The number of nitrogens with zero attached hydrogens (tertiary/aromatic N) is 3. The van der Waals surface area contributed by atoms with Crippen molar-refractivity contribution < 1.29 is 19.1 Å². The van der Waals surface area contributed by atoms with E-state index in [1.54, 1.807) is 24.1 Å². The molecule has 3 aromatic rings. The highest BCUT2D eigenvalue weighted by Gasteiger charge is 2.33. The number of amides is 1. The molecule has 2 aromatic carbocycles. The van der Waals surface area contributed by atoms with Crippen LogP contribution in [0, 0.1) is 13.8 Å². The monoisotopic (exact) mass is 433 g/mol. The van der Waals surface area contributed by atoms with Crippen molar-refractivity contribution in [3.05, 3.63) is 77.1 Å². The van der Waals surface area contributed by atoms with E-state index < -0.39 is 5.97 Å². The molecule has 1 aliphatic carbocycles. The maximum atomic E-state index is 12.8. The predicted molar refractivity (Wildman–Crippen MR) is 120 cm³/mol. The summed E-state index contributed by atoms with van der Waals surface area (Å²) >= 11 is 0. The van der Waals surface area contributed by atoms with Crippen molar-refractivity contribution in [1.29, 1.82) is 0 Å². The van der Waals surface area contributed by atoms with Crippen LogP contribution >= 0.6 is 0 Å². The number of aryl methyl sites for hydroxylation is 2. The molecule has 7 nitrogen and oxygen atoms in total. The molecule has 32 heavy (non-hydrogen) atoms. The average Bonchev–Trinajstić information content (AvgIpc) is 3.59. The maximum absolute atomic E-state index is 12.8. The molecule has 4 rings (SSSR count). The molecular weight excluding hydrogens is 406 g/mol. The summed E-state index contributed by atoms with van der Waals surface area (Å²) < 4.78 is 12.3. The fraction of sp³-hybridized carbons (Fsp3) is 0.320. The summed E-state index contributed by atoms with van der Waals surface area (Å²) in [5, 5.41) is 4.44. The highest BCUT2D eigenvalue weighted by molar-refractivity contribution is 5.91. The second-order valence-electron chi connectivity index (χ2n) is 8.06. The third kappa shape index (κ3) is 4.99. The van der Waals surface area contributed by atoms with Crippen molar-refractivity contribution in [1.82, 2.24) is 14.7 Å². The van der Waals surface area contributed by atoms with Gasteiger partial charge in [-0.05, 0) is 74.7 Å². The molecule has 1 amide bonds. The van der Waals surface area contributed by atoms with E-state index in [4.69, 9.17) is 9.47 Å². The Hall–Kier alpha value is -3.61. The SMILES string of the molecule is COc1ccc(CN(C(=O)COC(=O)c2ccc(-n3nc(C)cc3C)cc2)C2CC2)cc1. The molecule has 0 radical (unpaired) electrons. The van der Waals surface area contributed by atoms with Crippen LogP contribution in [0.3, 0.4) is 0 Å². The molecule has 0 unspecified atom stereocenters. The average molecular weight is 434 g/mol. The van der Waals surface area contributed by atoms with E-state index >= 15 is 0 Å². The number of methoxy groups -OCH3 is 1. The van der Waals surface area contributed by atoms with E-state index in [2.05, 4.69) is 5.10 Å². The molecule has 1 aliphatic rings. The lowest BCUT2D eigenvalue weighted by Gasteiger charge is -2.22. The second kappa shape index (κ2) is 9.26. The van der Waals surface area contributed by atoms with Crippen LogP contribution in [0.1, 0.15) is 40.2 Å². The van der Waals surface area contributed by atoms with Gasteiger partial charge in [0.1, 0.15) is 5.75 Å². The van der Waals surface area contributed by atoms with Crippen molar-refractivity contribution in [3.63, 3.8) is 0 Å². The lowest BCUT2D eigenvalue weighted by atomic mass is 10.2. The van der Waals surface area contributed by atoms with Crippen LogP contribution in [0.15, 0.2) is 54.6 Å². The molecular formula is C25H27N3O4. The number of rotatable bonds is 8. The Morgan fingerprint density at radius 2 is 1.75 bits per heavy atom. The first kappa shape index (κ1) is 21.6. The first-order valence-corrected chi connectivity index (χ1v) is 10.7. The van der Waals surface area contributed by atoms with Crippen LogP contribution in [0.25, 0.3) is 5.69 Å². The van der Waals surface area contributed by atoms with E-state index in [0.29, 0.717) is 12.1 Å². The minimum absolute atomic E-state index is 0.184. The fourth-order valence-corrected chi connectivity index (χ4v) is 3.66. The molecule has 0 bridgehead atoms. The largest absolute Gasteiger partial charge is 0.497 e. The third-order valence-electron chi connectivity index (χ3n) is 5.50. The van der Waals surface area contributed by atoms with E-state index in [1.165, 1.54) is 0 Å². The molecule has 1 aromatic heterocycles. The molecule has 0 atom stereocenters. The predicted octanol–water partition coefficient (Wildman–Crippen LogP) is 3.85. The van der Waals surface area contributed by atoms with Crippen LogP contribution in [-0.2, 0) is 16.1 Å². The fourth-order valence-electron chi connectivity index (χ4n) is 3.66. The summed E-state index contributed by atoms with van der Waals surface area (Å²) in [5.74, 6) is 0.0743. The molecule has 1 saturated carbocycles. The molecule has 1 fully saturated rings. The topological polar surface area (TPSA) is 73.7 Å². The maximum Gasteiger partial charge on any atom is 0.338 e. The number of hydrogen-bond acceptors (Lipinski definition) is 5. The van der Waals surface area contributed by atoms with Crippen molar-refractivity contribution in [2.45, 2.75) is 39.3 Å². The molecule has 166 valence electrons. The second-order valence-corrected chi connectivity index (χ2v) is 8.06. The van der Waals surface area contributed by atoms with Gasteiger partial charge in [0.05, 0.1) is 24.1 Å². The van der Waals surface area contributed by atoms with Crippen molar-refractivity contribution >= 4 is 11.9 Å². The Morgan fingerprint density at radius 3 is 2.31 bits per heavy atom. The van der Waals surface area contributed by atoms with Crippen LogP contribution in [-0.4, -0.2) is 46.3 Å². The van der Waals surface area contributed by atoms with Gasteiger partial charge in [0, 0.05) is 18.3 Å². The molecule has 0 saturated heterocycles. The van der Waals surface area contributed by atoms with Crippen molar-refractivity contribution in [3.8, 4) is 11.4 Å². The number of benzene rings is 2. The van der Waals surface area contributed by atoms with E-state index in [-0.39, 0.29) is 18.6 Å². The van der Waals surface area contributed by atoms with E-state index in [1.807, 2.05) is 61.0 Å². The van der Waals surface area contributed by atoms with Gasteiger partial charge in [-0.3, -0.25) is 4.79 Å². The Labute approximate surface area is 187 Å². The Bertz CT molecular complexity index is 1100. The smallest absolute Gasteiger partial charge is 0.338 e. The lowest BCUT2D eigenvalue weighted by molar-refractivity contribution is -0.135. The zero-order chi connectivity index (χ0) is 22.7. The highest BCUT2D eigenvalue weighted by Crippen LogP contribution is 2.29. The zero-order valence-corrected chi connectivity index (χ0v) is 18.6. The summed E-state index contributed by atoms with van der Waals surface area (Å²) in [6, 6.07) is 16.9. The van der Waals surface area contributed by atoms with Crippen molar-refractivity contribution in [2.24, 2.45) is 0 Å². The van der Waals surface area contributed by atoms with Gasteiger partial charge in [-0.15, -0.1) is 0 Å². The summed E-state index contributed by atoms with van der Waals surface area (Å²) in [5.41, 5.74) is 4.22. The van der Waals surface area contributed by atoms with Gasteiger partial charge in [-0.25, -0.2) is 9.48 Å². The van der Waals surface area contributed by atoms with Crippen LogP contribution in [0.2, 0.25) is 0 Å². The van der Waals surface area contributed by atoms with Gasteiger partial charge in [0.25, 0.3) is 5.91 Å². The molecule has 7 heteroatoms. The summed E-state index contributed by atoms with van der Waals surface area (Å²) in [4.78, 5) is 27.0. The number of carbonyl (C=O) groups is 2. The van der Waals surface area contributed by atoms with E-state index in [9.17, 15) is 9.59 Å². The molecule has 0 spiro atoms. The van der Waals surface area contributed by atoms with Gasteiger partial charge in [0.15, 0.2) is 6.61 Å². The standard InChI is InChI=1S/C25H27N3O4/c1-17-14-18(2)28(26-17)22-8-6-20(7-9-22)25(30)32-16-24(29)27(21-10-11-21)15-19-4-12-23(31-3)13-5-19/h4-9,12-14,21H,10-11,15-16H2,1-3H3. The van der Waals surface area contributed by atoms with Gasteiger partial charge in [0.2, 0.25) is 0 Å². The number of ether oxygens (including phenoxy) is 2. The Morgan fingerprint density at radius 1 is 1.06 bits per heavy atom.